The molecule has 0 atom stereocenters. The average Bonchev–Trinajstić information content (AvgIpc) is 2.70. The van der Waals surface area contributed by atoms with Gasteiger partial charge in [0.25, 0.3) is 5.56 Å². The van der Waals surface area contributed by atoms with Crippen LogP contribution in [0.15, 0.2) is 35.1 Å². The van der Waals surface area contributed by atoms with E-state index >= 15 is 0 Å². The fraction of sp³-hybridized carbons (Fsp3) is 0.421. The monoisotopic (exact) mass is 426 g/mol. The van der Waals surface area contributed by atoms with Crippen LogP contribution in [0.3, 0.4) is 0 Å². The Morgan fingerprint density at radius 3 is 2.67 bits per heavy atom. The number of alkyl halides is 3. The van der Waals surface area contributed by atoms with Gasteiger partial charge >= 0.3 is 6.18 Å². The number of carbonyl (C=O) groups excluding carboxylic acids is 1. The summed E-state index contributed by atoms with van der Waals surface area (Å²) in [6.45, 7) is 1.59. The molecule has 0 radical (unpaired) electrons. The zero-order chi connectivity index (χ0) is 21.7. The Labute approximate surface area is 170 Å². The third-order valence-electron chi connectivity index (χ3n) is 4.40. The average molecular weight is 426 g/mol. The molecule has 1 amide bonds. The second-order valence-corrected chi connectivity index (χ2v) is 6.63. The van der Waals surface area contributed by atoms with Gasteiger partial charge in [-0.1, -0.05) is 6.07 Å². The van der Waals surface area contributed by atoms with E-state index in [0.29, 0.717) is 32.0 Å². The van der Waals surface area contributed by atoms with Crippen molar-refractivity contribution in [2.24, 2.45) is 0 Å². The SMILES string of the molecule is COCc1cc(=O)n(CC(=O)Nc2cccc(C(F)(F)F)c2)c(N2CCOCC2)n1. The molecule has 1 saturated heterocycles. The van der Waals surface area contributed by atoms with Crippen LogP contribution in [0, 0.1) is 0 Å². The highest BCUT2D eigenvalue weighted by Gasteiger charge is 2.30. The van der Waals surface area contributed by atoms with E-state index in [9.17, 15) is 22.8 Å². The van der Waals surface area contributed by atoms with Crippen molar-refractivity contribution in [3.05, 3.63) is 51.9 Å². The number of hydrogen-bond donors (Lipinski definition) is 1. The molecule has 1 aromatic carbocycles. The normalized spacial score (nSPS) is 14.6. The van der Waals surface area contributed by atoms with E-state index in [0.717, 1.165) is 12.1 Å². The van der Waals surface area contributed by atoms with Crippen molar-refractivity contribution in [3.63, 3.8) is 0 Å². The second kappa shape index (κ2) is 9.26. The summed E-state index contributed by atoms with van der Waals surface area (Å²) in [5.41, 5.74) is -0.937. The molecule has 0 unspecified atom stereocenters. The molecule has 1 aliphatic rings. The van der Waals surface area contributed by atoms with Gasteiger partial charge in [-0.25, -0.2) is 4.98 Å². The number of methoxy groups -OCH3 is 1. The third kappa shape index (κ3) is 5.36. The summed E-state index contributed by atoms with van der Waals surface area (Å²) >= 11 is 0. The number of ether oxygens (including phenoxy) is 2. The van der Waals surface area contributed by atoms with Crippen LogP contribution in [0.1, 0.15) is 11.3 Å². The summed E-state index contributed by atoms with van der Waals surface area (Å²) in [7, 11) is 1.48. The van der Waals surface area contributed by atoms with Gasteiger partial charge in [0.1, 0.15) is 6.54 Å². The maximum absolute atomic E-state index is 12.9. The number of nitrogens with zero attached hydrogens (tertiary/aromatic N) is 3. The largest absolute Gasteiger partial charge is 0.416 e. The number of carbonyl (C=O) groups is 1. The Kier molecular flexibility index (Phi) is 6.73. The number of hydrogen-bond acceptors (Lipinski definition) is 6. The van der Waals surface area contributed by atoms with E-state index in [1.54, 1.807) is 0 Å². The van der Waals surface area contributed by atoms with Gasteiger partial charge in [-0.05, 0) is 18.2 Å². The molecule has 1 N–H and O–H groups in total. The summed E-state index contributed by atoms with van der Waals surface area (Å²) in [6.07, 6.45) is -4.53. The Morgan fingerprint density at radius 1 is 1.27 bits per heavy atom. The van der Waals surface area contributed by atoms with Crippen molar-refractivity contribution in [1.29, 1.82) is 0 Å². The van der Waals surface area contributed by atoms with Crippen molar-refractivity contribution in [3.8, 4) is 0 Å². The van der Waals surface area contributed by atoms with Crippen LogP contribution in [0.2, 0.25) is 0 Å². The molecule has 0 saturated carbocycles. The van der Waals surface area contributed by atoms with Gasteiger partial charge in [-0.15, -0.1) is 0 Å². The topological polar surface area (TPSA) is 85.7 Å². The number of morpholine rings is 1. The lowest BCUT2D eigenvalue weighted by Gasteiger charge is -2.29. The van der Waals surface area contributed by atoms with Crippen LogP contribution in [0.4, 0.5) is 24.8 Å². The van der Waals surface area contributed by atoms with Crippen LogP contribution in [-0.2, 0) is 33.6 Å². The first kappa shape index (κ1) is 21.8. The van der Waals surface area contributed by atoms with Crippen LogP contribution in [-0.4, -0.2) is 48.9 Å². The van der Waals surface area contributed by atoms with Crippen LogP contribution in [0.5, 0.6) is 0 Å². The predicted octanol–water partition coefficient (Wildman–Crippen LogP) is 1.88. The zero-order valence-electron chi connectivity index (χ0n) is 16.2. The third-order valence-corrected chi connectivity index (χ3v) is 4.40. The molecule has 1 fully saturated rings. The fourth-order valence-corrected chi connectivity index (χ4v) is 3.03. The second-order valence-electron chi connectivity index (χ2n) is 6.63. The van der Waals surface area contributed by atoms with E-state index in [1.807, 2.05) is 4.90 Å². The minimum atomic E-state index is -4.53. The van der Waals surface area contributed by atoms with Gasteiger partial charge in [0.05, 0.1) is 31.1 Å². The van der Waals surface area contributed by atoms with Crippen molar-refractivity contribution in [1.82, 2.24) is 9.55 Å². The van der Waals surface area contributed by atoms with Gasteiger partial charge in [0, 0.05) is 32.0 Å². The molecule has 2 aromatic rings. The molecule has 162 valence electrons. The quantitative estimate of drug-likeness (QED) is 0.759. The highest BCUT2D eigenvalue weighted by atomic mass is 19.4. The van der Waals surface area contributed by atoms with E-state index in [2.05, 4.69) is 10.3 Å². The molecular formula is C19H21F3N4O4. The van der Waals surface area contributed by atoms with Crippen molar-refractivity contribution < 1.29 is 27.4 Å². The van der Waals surface area contributed by atoms with Crippen molar-refractivity contribution in [2.45, 2.75) is 19.3 Å². The minimum Gasteiger partial charge on any atom is -0.378 e. The number of nitrogens with one attached hydrogen (secondary N) is 1. The Hall–Kier alpha value is -2.92. The smallest absolute Gasteiger partial charge is 0.378 e. The molecule has 30 heavy (non-hydrogen) atoms. The maximum Gasteiger partial charge on any atom is 0.416 e. The number of anilines is 2. The van der Waals surface area contributed by atoms with Gasteiger partial charge < -0.3 is 19.7 Å². The lowest BCUT2D eigenvalue weighted by Crippen LogP contribution is -2.42. The van der Waals surface area contributed by atoms with Gasteiger partial charge in [0.2, 0.25) is 11.9 Å². The molecule has 8 nitrogen and oxygen atoms in total. The lowest BCUT2D eigenvalue weighted by atomic mass is 10.2. The molecule has 0 bridgehead atoms. The lowest BCUT2D eigenvalue weighted by molar-refractivity contribution is -0.137. The summed E-state index contributed by atoms with van der Waals surface area (Å²) in [5, 5.41) is 2.41. The number of amides is 1. The highest BCUT2D eigenvalue weighted by molar-refractivity contribution is 5.90. The molecular weight excluding hydrogens is 405 g/mol. The van der Waals surface area contributed by atoms with E-state index in [4.69, 9.17) is 9.47 Å². The predicted molar refractivity (Wildman–Crippen MR) is 102 cm³/mol. The van der Waals surface area contributed by atoms with Gasteiger partial charge in [-0.3, -0.25) is 14.2 Å². The molecule has 1 aliphatic heterocycles. The van der Waals surface area contributed by atoms with Crippen LogP contribution in [0.25, 0.3) is 0 Å². The molecule has 0 spiro atoms. The number of benzene rings is 1. The van der Waals surface area contributed by atoms with E-state index < -0.39 is 29.8 Å². The minimum absolute atomic E-state index is 0.0141. The molecule has 11 heteroatoms. The Morgan fingerprint density at radius 2 is 2.00 bits per heavy atom. The standard InChI is InChI=1S/C19H21F3N4O4/c1-29-12-15-10-17(28)26(18(24-15)25-5-7-30-8-6-25)11-16(27)23-14-4-2-3-13(9-14)19(20,21)22/h2-4,9-10H,5-8,11-12H2,1H3,(H,23,27). The number of rotatable bonds is 6. The summed E-state index contributed by atoms with van der Waals surface area (Å²) in [5.74, 6) is -0.357. The first-order valence-corrected chi connectivity index (χ1v) is 9.17. The maximum atomic E-state index is 12.9. The van der Waals surface area contributed by atoms with Gasteiger partial charge in [-0.2, -0.15) is 13.2 Å². The zero-order valence-corrected chi connectivity index (χ0v) is 16.2. The van der Waals surface area contributed by atoms with Gasteiger partial charge in [0.15, 0.2) is 0 Å². The molecule has 3 rings (SSSR count). The molecule has 1 aromatic heterocycles. The summed E-state index contributed by atoms with van der Waals surface area (Å²) in [6, 6.07) is 5.56. The first-order chi connectivity index (χ1) is 14.3. The fourth-order valence-electron chi connectivity index (χ4n) is 3.03. The Bertz CT molecular complexity index is 956. The number of aromatic nitrogens is 2. The molecule has 2 heterocycles. The molecule has 0 aliphatic carbocycles. The van der Waals surface area contributed by atoms with E-state index in [1.165, 1.54) is 29.9 Å². The van der Waals surface area contributed by atoms with E-state index in [-0.39, 0.29) is 18.2 Å². The number of halogens is 3. The highest BCUT2D eigenvalue weighted by Crippen LogP contribution is 2.30. The summed E-state index contributed by atoms with van der Waals surface area (Å²) < 4.78 is 50.2. The summed E-state index contributed by atoms with van der Waals surface area (Å²) in [4.78, 5) is 31.4. The van der Waals surface area contributed by atoms with Crippen LogP contribution < -0.4 is 15.8 Å². The van der Waals surface area contributed by atoms with Crippen LogP contribution >= 0.6 is 0 Å². The van der Waals surface area contributed by atoms with Crippen molar-refractivity contribution in [2.75, 3.05) is 43.6 Å². The Balaban J connectivity index is 1.84. The van der Waals surface area contributed by atoms with Crippen molar-refractivity contribution >= 4 is 17.5 Å². The first-order valence-electron chi connectivity index (χ1n) is 9.17.